The van der Waals surface area contributed by atoms with E-state index in [0.29, 0.717) is 0 Å². The minimum absolute atomic E-state index is 0.816. The first-order valence-electron chi connectivity index (χ1n) is 2.26. The zero-order valence-corrected chi connectivity index (χ0v) is 7.80. The van der Waals surface area contributed by atoms with E-state index in [1.165, 1.54) is 26.1 Å². The molecule has 0 aliphatic heterocycles. The van der Waals surface area contributed by atoms with E-state index in [2.05, 4.69) is 0 Å². The van der Waals surface area contributed by atoms with Gasteiger partial charge in [0.1, 0.15) is 0 Å². The Labute approximate surface area is 66.9 Å². The Kier molecular flexibility index (Phi) is 2.20. The van der Waals surface area contributed by atoms with Gasteiger partial charge in [0.25, 0.3) is 0 Å². The fourth-order valence-electron chi connectivity index (χ4n) is 0.450. The van der Waals surface area contributed by atoms with Crippen molar-refractivity contribution >= 4 is 37.7 Å². The molecular weight excluding hydrogens is 226 g/mol. The van der Waals surface area contributed by atoms with Crippen LogP contribution in [0.5, 0.6) is 0 Å². The number of benzene rings is 1. The van der Waals surface area contributed by atoms with E-state index in [9.17, 15) is 0 Å². The van der Waals surface area contributed by atoms with Crippen LogP contribution in [0.2, 0.25) is 5.02 Å². The molecule has 3 radical (unpaired) electrons. The molecule has 1 aromatic rings. The fraction of sp³-hybridized carbons (Fsp3) is 0. The quantitative estimate of drug-likeness (QED) is 0.586. The van der Waals surface area contributed by atoms with Crippen LogP contribution in [0.1, 0.15) is 0 Å². The van der Waals surface area contributed by atoms with Crippen LogP contribution in [0.4, 0.5) is 0 Å². The molecule has 0 N–H and O–H groups in total. The van der Waals surface area contributed by atoms with E-state index in [1.54, 1.807) is 0 Å². The van der Waals surface area contributed by atoms with Crippen molar-refractivity contribution in [2.45, 2.75) is 0 Å². The molecule has 0 aromatic heterocycles. The second kappa shape index (κ2) is 2.74. The van der Waals surface area contributed by atoms with Crippen LogP contribution in [0.3, 0.4) is 0 Å². The summed E-state index contributed by atoms with van der Waals surface area (Å²) in [6.07, 6.45) is 0. The molecule has 0 spiro atoms. The number of halogens is 1. The van der Waals surface area contributed by atoms with Crippen LogP contribution in [0.25, 0.3) is 0 Å². The van der Waals surface area contributed by atoms with Gasteiger partial charge in [0.15, 0.2) is 0 Å². The summed E-state index contributed by atoms with van der Waals surface area (Å²) in [5.74, 6) is 0. The van der Waals surface area contributed by atoms with Gasteiger partial charge in [-0.3, -0.25) is 0 Å². The van der Waals surface area contributed by atoms with Gasteiger partial charge in [-0.15, -0.1) is 0 Å². The summed E-state index contributed by atoms with van der Waals surface area (Å²) in [5, 5.41) is 0.816. The van der Waals surface area contributed by atoms with E-state index >= 15 is 0 Å². The van der Waals surface area contributed by atoms with Crippen LogP contribution >= 0.6 is 11.6 Å². The first-order chi connectivity index (χ1) is 3.79. The third-order valence-corrected chi connectivity index (χ3v) is 2.05. The van der Waals surface area contributed by atoms with Crippen molar-refractivity contribution in [3.8, 4) is 0 Å². The SMILES string of the molecule is Clc1cc[c]([Sn])cc1. The molecule has 0 bridgehead atoms. The molecule has 0 saturated heterocycles. The molecule has 0 heterocycles. The minimum atomic E-state index is 0.816. The average molecular weight is 230 g/mol. The molecule has 0 unspecified atom stereocenters. The van der Waals surface area contributed by atoms with E-state index < -0.39 is 0 Å². The number of rotatable bonds is 0. The van der Waals surface area contributed by atoms with Crippen molar-refractivity contribution in [2.75, 3.05) is 0 Å². The molecule has 0 fully saturated rings. The van der Waals surface area contributed by atoms with Crippen LogP contribution in [0.15, 0.2) is 24.3 Å². The topological polar surface area (TPSA) is 0 Å². The first kappa shape index (κ1) is 6.43. The van der Waals surface area contributed by atoms with Gasteiger partial charge in [-0.2, -0.15) is 0 Å². The van der Waals surface area contributed by atoms with E-state index in [1.807, 2.05) is 24.3 Å². The Morgan fingerprint density at radius 3 is 2.00 bits per heavy atom. The predicted molar refractivity (Wildman–Crippen MR) is 36.8 cm³/mol. The summed E-state index contributed by atoms with van der Waals surface area (Å²) < 4.78 is 1.33. The molecule has 0 nitrogen and oxygen atoms in total. The van der Waals surface area contributed by atoms with E-state index in [-0.39, 0.29) is 0 Å². The maximum absolute atomic E-state index is 5.62. The molecule has 2 heteroatoms. The van der Waals surface area contributed by atoms with Crippen molar-refractivity contribution in [2.24, 2.45) is 0 Å². The fourth-order valence-corrected chi connectivity index (χ4v) is 1.05. The van der Waals surface area contributed by atoms with E-state index in [4.69, 9.17) is 11.6 Å². The zero-order valence-electron chi connectivity index (χ0n) is 4.19. The average Bonchev–Trinajstić information content (AvgIpc) is 1.77. The molecule has 8 heavy (non-hydrogen) atoms. The molecule has 0 aliphatic rings. The molecule has 0 amide bonds. The van der Waals surface area contributed by atoms with Crippen molar-refractivity contribution < 1.29 is 0 Å². The summed E-state index contributed by atoms with van der Waals surface area (Å²) in [7, 11) is 0. The van der Waals surface area contributed by atoms with Gasteiger partial charge in [-0.1, -0.05) is 0 Å². The van der Waals surface area contributed by atoms with Crippen LogP contribution in [-0.2, 0) is 0 Å². The standard InChI is InChI=1S/C6H4Cl.Sn/c7-6-4-2-1-3-5-6;/h2-5H;. The summed E-state index contributed by atoms with van der Waals surface area (Å²) in [6.45, 7) is 0. The molecule has 0 saturated carbocycles. The van der Waals surface area contributed by atoms with Crippen LogP contribution in [0, 0.1) is 0 Å². The van der Waals surface area contributed by atoms with Gasteiger partial charge in [-0.25, -0.2) is 0 Å². The number of hydrogen-bond acceptors (Lipinski definition) is 0. The van der Waals surface area contributed by atoms with Crippen molar-refractivity contribution in [3.63, 3.8) is 0 Å². The summed E-state index contributed by atoms with van der Waals surface area (Å²) >= 11 is 7.06. The Hall–Kier alpha value is 0.309. The van der Waals surface area contributed by atoms with Crippen molar-refractivity contribution in [3.05, 3.63) is 29.3 Å². The summed E-state index contributed by atoms with van der Waals surface area (Å²) in [6, 6.07) is 7.87. The zero-order chi connectivity index (χ0) is 5.98. The first-order valence-corrected chi connectivity index (χ1v) is 4.07. The Bertz CT molecular complexity index is 147. The second-order valence-corrected chi connectivity index (χ2v) is 3.59. The van der Waals surface area contributed by atoms with Gasteiger partial charge in [0.05, 0.1) is 0 Å². The molecular formula is C6H4ClSn. The summed E-state index contributed by atoms with van der Waals surface area (Å²) in [4.78, 5) is 0. The Morgan fingerprint density at radius 1 is 1.12 bits per heavy atom. The van der Waals surface area contributed by atoms with Gasteiger partial charge in [-0.05, 0) is 0 Å². The van der Waals surface area contributed by atoms with Gasteiger partial charge >= 0.3 is 67.0 Å². The number of hydrogen-bond donors (Lipinski definition) is 0. The Morgan fingerprint density at radius 2 is 1.62 bits per heavy atom. The molecule has 39 valence electrons. The van der Waals surface area contributed by atoms with Crippen LogP contribution in [-0.4, -0.2) is 22.5 Å². The van der Waals surface area contributed by atoms with Crippen molar-refractivity contribution in [1.82, 2.24) is 0 Å². The third-order valence-electron chi connectivity index (χ3n) is 0.844. The second-order valence-electron chi connectivity index (χ2n) is 1.51. The van der Waals surface area contributed by atoms with Crippen LogP contribution < -0.4 is 3.58 Å². The molecule has 0 aliphatic carbocycles. The van der Waals surface area contributed by atoms with Crippen molar-refractivity contribution in [1.29, 1.82) is 0 Å². The van der Waals surface area contributed by atoms with E-state index in [0.717, 1.165) is 5.02 Å². The predicted octanol–water partition coefficient (Wildman–Crippen LogP) is 1.13. The molecule has 0 atom stereocenters. The van der Waals surface area contributed by atoms with Gasteiger partial charge in [0, 0.05) is 0 Å². The monoisotopic (exact) mass is 231 g/mol. The molecule has 1 rings (SSSR count). The van der Waals surface area contributed by atoms with Gasteiger partial charge < -0.3 is 0 Å². The van der Waals surface area contributed by atoms with Gasteiger partial charge in [0.2, 0.25) is 0 Å². The Balaban J connectivity index is 3.03. The normalized spacial score (nSPS) is 9.25. The molecule has 1 aromatic carbocycles. The maximum atomic E-state index is 5.62. The third kappa shape index (κ3) is 1.67. The summed E-state index contributed by atoms with van der Waals surface area (Å²) in [5.41, 5.74) is 0.